The van der Waals surface area contributed by atoms with Crippen molar-refractivity contribution in [2.75, 3.05) is 19.7 Å². The Morgan fingerprint density at radius 2 is 2.15 bits per heavy atom. The van der Waals surface area contributed by atoms with Gasteiger partial charge < -0.3 is 20.7 Å². The molecule has 5 nitrogen and oxygen atoms in total. The van der Waals surface area contributed by atoms with Crippen molar-refractivity contribution in [2.24, 2.45) is 0 Å². The van der Waals surface area contributed by atoms with E-state index in [-0.39, 0.29) is 18.0 Å². The Labute approximate surface area is 119 Å². The van der Waals surface area contributed by atoms with Crippen molar-refractivity contribution in [1.29, 1.82) is 0 Å². The molecule has 3 unspecified atom stereocenters. The Kier molecular flexibility index (Phi) is 3.89. The van der Waals surface area contributed by atoms with Crippen LogP contribution in [-0.4, -0.2) is 37.7 Å². The lowest BCUT2D eigenvalue weighted by atomic mass is 10.00. The number of hydrogen-bond donors (Lipinski definition) is 3. The molecule has 0 saturated carbocycles. The lowest BCUT2D eigenvalue weighted by Gasteiger charge is -2.31. The lowest BCUT2D eigenvalue weighted by molar-refractivity contribution is -0.124. The molecule has 3 atom stereocenters. The van der Waals surface area contributed by atoms with Crippen molar-refractivity contribution < 1.29 is 9.53 Å². The van der Waals surface area contributed by atoms with Crippen molar-refractivity contribution in [1.82, 2.24) is 16.0 Å². The molecular weight excluding hydrogens is 254 g/mol. The Morgan fingerprint density at radius 3 is 2.95 bits per heavy atom. The predicted molar refractivity (Wildman–Crippen MR) is 76.7 cm³/mol. The first kappa shape index (κ1) is 13.4. The number of fused-ring (bicyclic) bond motifs is 1. The first-order chi connectivity index (χ1) is 9.74. The van der Waals surface area contributed by atoms with Gasteiger partial charge >= 0.3 is 0 Å². The predicted octanol–water partition coefficient (Wildman–Crippen LogP) is 0.576. The van der Waals surface area contributed by atoms with Gasteiger partial charge in [-0.25, -0.2) is 0 Å². The Balaban J connectivity index is 1.65. The van der Waals surface area contributed by atoms with Crippen LogP contribution in [0.1, 0.15) is 24.9 Å². The molecule has 2 aliphatic heterocycles. The summed E-state index contributed by atoms with van der Waals surface area (Å²) in [5.41, 5.74) is 1.07. The van der Waals surface area contributed by atoms with Crippen LogP contribution in [-0.2, 0) is 4.79 Å². The minimum absolute atomic E-state index is 0.0496. The van der Waals surface area contributed by atoms with Crippen molar-refractivity contribution in [2.45, 2.75) is 31.5 Å². The number of carbonyl (C=O) groups excluding carboxylic acids is 1. The molecule has 1 aromatic rings. The summed E-state index contributed by atoms with van der Waals surface area (Å²) in [6.07, 6.45) is 0.819. The van der Waals surface area contributed by atoms with Gasteiger partial charge in [-0.1, -0.05) is 18.2 Å². The molecule has 108 valence electrons. The number of rotatable bonds is 2. The van der Waals surface area contributed by atoms with E-state index in [1.54, 1.807) is 0 Å². The number of ether oxygens (including phenoxy) is 1. The van der Waals surface area contributed by atoms with Crippen LogP contribution in [0.5, 0.6) is 5.75 Å². The minimum atomic E-state index is -0.152. The van der Waals surface area contributed by atoms with Crippen molar-refractivity contribution in [3.8, 4) is 5.75 Å². The van der Waals surface area contributed by atoms with Gasteiger partial charge in [-0.2, -0.15) is 0 Å². The summed E-state index contributed by atoms with van der Waals surface area (Å²) in [4.78, 5) is 12.3. The summed E-state index contributed by atoms with van der Waals surface area (Å²) in [5, 5.41) is 9.74. The van der Waals surface area contributed by atoms with E-state index in [4.69, 9.17) is 4.74 Å². The second-order valence-electron chi connectivity index (χ2n) is 5.51. The molecule has 1 fully saturated rings. The highest BCUT2D eigenvalue weighted by atomic mass is 16.5. The maximum Gasteiger partial charge on any atom is 0.238 e. The van der Waals surface area contributed by atoms with Crippen molar-refractivity contribution in [3.05, 3.63) is 29.8 Å². The van der Waals surface area contributed by atoms with Gasteiger partial charge in [0.2, 0.25) is 5.91 Å². The highest BCUT2D eigenvalue weighted by Crippen LogP contribution is 2.31. The van der Waals surface area contributed by atoms with E-state index in [1.807, 2.05) is 24.3 Å². The first-order valence-corrected chi connectivity index (χ1v) is 7.23. The molecule has 5 heteroatoms. The molecule has 0 radical (unpaired) electrons. The quantitative estimate of drug-likeness (QED) is 0.739. The number of benzene rings is 1. The average Bonchev–Trinajstić information content (AvgIpc) is 2.48. The molecule has 1 aromatic carbocycles. The molecule has 1 amide bonds. The second kappa shape index (κ2) is 5.81. The van der Waals surface area contributed by atoms with Crippen LogP contribution in [0.15, 0.2) is 24.3 Å². The Bertz CT molecular complexity index is 484. The zero-order chi connectivity index (χ0) is 13.9. The minimum Gasteiger partial charge on any atom is -0.493 e. The van der Waals surface area contributed by atoms with E-state index < -0.39 is 0 Å². The maximum absolute atomic E-state index is 12.3. The fourth-order valence-electron chi connectivity index (χ4n) is 2.73. The van der Waals surface area contributed by atoms with E-state index >= 15 is 0 Å². The topological polar surface area (TPSA) is 62.4 Å². The zero-order valence-electron chi connectivity index (χ0n) is 11.7. The van der Waals surface area contributed by atoms with E-state index in [2.05, 4.69) is 22.9 Å². The summed E-state index contributed by atoms with van der Waals surface area (Å²) in [6, 6.07) is 8.23. The standard InChI is InChI=1S/C15H21N3O2/c1-10-8-17-13(9-16-10)15(19)18-12-6-7-20-14-5-3-2-4-11(12)14/h2-5,10,12-13,16-17H,6-9H2,1H3,(H,18,19). The Morgan fingerprint density at radius 1 is 1.30 bits per heavy atom. The summed E-state index contributed by atoms with van der Waals surface area (Å²) in [7, 11) is 0. The van der Waals surface area contributed by atoms with Gasteiger partial charge in [0.25, 0.3) is 0 Å². The van der Waals surface area contributed by atoms with Crippen molar-refractivity contribution in [3.63, 3.8) is 0 Å². The molecule has 0 aliphatic carbocycles. The lowest BCUT2D eigenvalue weighted by Crippen LogP contribution is -2.59. The number of hydrogen-bond acceptors (Lipinski definition) is 4. The SMILES string of the molecule is CC1CNC(C(=O)NC2CCOc3ccccc32)CN1. The van der Waals surface area contributed by atoms with E-state index in [0.29, 0.717) is 19.2 Å². The molecule has 1 saturated heterocycles. The van der Waals surface area contributed by atoms with Gasteiger partial charge in [-0.3, -0.25) is 4.79 Å². The number of amides is 1. The van der Waals surface area contributed by atoms with Crippen LogP contribution >= 0.6 is 0 Å². The number of nitrogens with one attached hydrogen (secondary N) is 3. The fraction of sp³-hybridized carbons (Fsp3) is 0.533. The smallest absolute Gasteiger partial charge is 0.238 e. The van der Waals surface area contributed by atoms with Gasteiger partial charge in [0.05, 0.1) is 18.7 Å². The van der Waals surface area contributed by atoms with Crippen LogP contribution in [0.4, 0.5) is 0 Å². The monoisotopic (exact) mass is 275 g/mol. The third-order valence-electron chi connectivity index (χ3n) is 3.93. The first-order valence-electron chi connectivity index (χ1n) is 7.23. The molecule has 20 heavy (non-hydrogen) atoms. The number of piperazine rings is 1. The average molecular weight is 275 g/mol. The summed E-state index contributed by atoms with van der Waals surface area (Å²) in [5.74, 6) is 0.943. The van der Waals surface area contributed by atoms with Gasteiger partial charge in [0, 0.05) is 31.1 Å². The van der Waals surface area contributed by atoms with Crippen LogP contribution in [0.2, 0.25) is 0 Å². The van der Waals surface area contributed by atoms with Crippen LogP contribution in [0.3, 0.4) is 0 Å². The normalized spacial score (nSPS) is 29.1. The Hall–Kier alpha value is -1.59. The molecule has 3 rings (SSSR count). The summed E-state index contributed by atoms with van der Waals surface area (Å²) < 4.78 is 5.62. The van der Waals surface area contributed by atoms with Gasteiger partial charge in [0.1, 0.15) is 5.75 Å². The van der Waals surface area contributed by atoms with E-state index in [1.165, 1.54) is 0 Å². The van der Waals surface area contributed by atoms with E-state index in [0.717, 1.165) is 24.3 Å². The summed E-state index contributed by atoms with van der Waals surface area (Å²) >= 11 is 0. The molecule has 0 aromatic heterocycles. The highest BCUT2D eigenvalue weighted by molar-refractivity contribution is 5.82. The molecule has 0 spiro atoms. The van der Waals surface area contributed by atoms with E-state index in [9.17, 15) is 4.79 Å². The summed E-state index contributed by atoms with van der Waals surface area (Å²) in [6.45, 7) is 4.26. The number of para-hydroxylation sites is 1. The van der Waals surface area contributed by atoms with Gasteiger partial charge in [-0.05, 0) is 13.0 Å². The molecule has 3 N–H and O–H groups in total. The van der Waals surface area contributed by atoms with Crippen LogP contribution in [0, 0.1) is 0 Å². The molecule has 2 heterocycles. The third kappa shape index (κ3) is 2.78. The highest BCUT2D eigenvalue weighted by Gasteiger charge is 2.28. The molecule has 0 bridgehead atoms. The number of carbonyl (C=O) groups is 1. The molecular formula is C15H21N3O2. The maximum atomic E-state index is 12.3. The largest absolute Gasteiger partial charge is 0.493 e. The second-order valence-corrected chi connectivity index (χ2v) is 5.51. The van der Waals surface area contributed by atoms with Gasteiger partial charge in [-0.15, -0.1) is 0 Å². The van der Waals surface area contributed by atoms with Gasteiger partial charge in [0.15, 0.2) is 0 Å². The third-order valence-corrected chi connectivity index (χ3v) is 3.93. The fourth-order valence-corrected chi connectivity index (χ4v) is 2.73. The van der Waals surface area contributed by atoms with Crippen LogP contribution in [0.25, 0.3) is 0 Å². The van der Waals surface area contributed by atoms with Crippen LogP contribution < -0.4 is 20.7 Å². The molecule has 2 aliphatic rings. The van der Waals surface area contributed by atoms with Crippen molar-refractivity contribution >= 4 is 5.91 Å². The zero-order valence-corrected chi connectivity index (χ0v) is 11.7.